The molecular weight excluding hydrogens is 476 g/mol. The maximum atomic E-state index is 13.0. The molecule has 1 amide bonds. The molecule has 8 nitrogen and oxygen atoms in total. The van der Waals surface area contributed by atoms with Gasteiger partial charge in [0.25, 0.3) is 5.91 Å². The van der Waals surface area contributed by atoms with Crippen molar-refractivity contribution in [1.29, 1.82) is 5.41 Å². The normalized spacial score (nSPS) is 12.2. The van der Waals surface area contributed by atoms with Crippen molar-refractivity contribution in [2.24, 2.45) is 0 Å². The maximum absolute atomic E-state index is 13.0. The molecule has 0 saturated heterocycles. The van der Waals surface area contributed by atoms with Crippen molar-refractivity contribution in [3.05, 3.63) is 51.8 Å². The van der Waals surface area contributed by atoms with Crippen LogP contribution in [0.5, 0.6) is 11.5 Å². The molecule has 0 radical (unpaired) electrons. The number of nitrogens with one attached hydrogen (secondary N) is 2. The Hall–Kier alpha value is -2.94. The van der Waals surface area contributed by atoms with Gasteiger partial charge in [-0.3, -0.25) is 15.0 Å². The van der Waals surface area contributed by atoms with Crippen LogP contribution in [0.25, 0.3) is 0 Å². The smallest absolute Gasteiger partial charge is 0.254 e. The minimum absolute atomic E-state index is 0. The topological polar surface area (TPSA) is 105 Å². The van der Waals surface area contributed by atoms with Crippen LogP contribution in [0.4, 0.5) is 0 Å². The zero-order valence-electron chi connectivity index (χ0n) is 19.0. The second-order valence-corrected chi connectivity index (χ2v) is 7.26. The number of aromatic nitrogens is 1. The number of nitrogens with zero attached hydrogens (tertiary/aromatic N) is 2. The Balaban J connectivity index is 0.00000363. The van der Waals surface area contributed by atoms with E-state index in [1.807, 2.05) is 27.7 Å². The van der Waals surface area contributed by atoms with Gasteiger partial charge >= 0.3 is 0 Å². The summed E-state index contributed by atoms with van der Waals surface area (Å²) in [4.78, 5) is 31.5. The minimum Gasteiger partial charge on any atom is -0.493 e. The van der Waals surface area contributed by atoms with E-state index < -0.39 is 0 Å². The number of fused-ring (bicyclic) bond motifs is 1. The Bertz CT molecular complexity index is 1050. The van der Waals surface area contributed by atoms with Gasteiger partial charge < -0.3 is 19.7 Å². The van der Waals surface area contributed by atoms with Crippen LogP contribution in [0, 0.1) is 19.3 Å². The first-order valence-electron chi connectivity index (χ1n) is 10.3. The third-order valence-electron chi connectivity index (χ3n) is 5.27. The molecule has 1 aromatic heterocycles. The fourth-order valence-corrected chi connectivity index (χ4v) is 3.73. The van der Waals surface area contributed by atoms with Crippen LogP contribution in [0.1, 0.15) is 57.1 Å². The van der Waals surface area contributed by atoms with Gasteiger partial charge in [0.1, 0.15) is 23.0 Å². The van der Waals surface area contributed by atoms with Gasteiger partial charge in [0.15, 0.2) is 5.78 Å². The average molecular weight is 505 g/mol. The van der Waals surface area contributed by atoms with Crippen LogP contribution in [0.15, 0.2) is 18.2 Å². The number of ether oxygens (including phenoxy) is 2. The number of amidine groups is 1. The molecule has 172 valence electrons. The molecule has 3 rings (SSSR count). The summed E-state index contributed by atoms with van der Waals surface area (Å²) in [5.41, 5.74) is 3.88. The Kier molecular flexibility index (Phi) is 8.38. The lowest BCUT2D eigenvalue weighted by Gasteiger charge is -2.17. The molecule has 0 unspecified atom stereocenters. The summed E-state index contributed by atoms with van der Waals surface area (Å²) < 4.78 is 11.2. The van der Waals surface area contributed by atoms with Crippen molar-refractivity contribution in [2.45, 2.75) is 34.2 Å². The summed E-state index contributed by atoms with van der Waals surface area (Å²) in [7, 11) is 1.53. The number of aryl methyl sites for hydroxylation is 1. The van der Waals surface area contributed by atoms with Gasteiger partial charge in [-0.2, -0.15) is 0 Å². The summed E-state index contributed by atoms with van der Waals surface area (Å²) in [5.74, 6) is 0.876. The molecule has 1 aliphatic heterocycles. The van der Waals surface area contributed by atoms with E-state index in [4.69, 9.17) is 14.9 Å². The fourth-order valence-electron chi connectivity index (χ4n) is 3.73. The molecule has 2 aromatic rings. The Morgan fingerprint density at radius 2 is 1.88 bits per heavy atom. The third kappa shape index (κ3) is 4.77. The van der Waals surface area contributed by atoms with Crippen LogP contribution in [-0.4, -0.2) is 54.2 Å². The highest BCUT2D eigenvalue weighted by Crippen LogP contribution is 2.32. The van der Waals surface area contributed by atoms with Crippen LogP contribution in [0.2, 0.25) is 0 Å². The summed E-state index contributed by atoms with van der Waals surface area (Å²) in [6, 6.07) is 4.82. The Morgan fingerprint density at radius 1 is 1.19 bits per heavy atom. The number of pyridine rings is 1. The number of carbonyl (C=O) groups is 2. The minimum atomic E-state index is -0.321. The molecule has 9 heteroatoms. The third-order valence-corrected chi connectivity index (χ3v) is 5.27. The zero-order valence-corrected chi connectivity index (χ0v) is 20.7. The van der Waals surface area contributed by atoms with Gasteiger partial charge in [0.2, 0.25) is 0 Å². The molecule has 0 spiro atoms. The lowest BCUT2D eigenvalue weighted by molar-refractivity contribution is 0.0959. The number of hydrogen-bond acceptors (Lipinski definition) is 6. The van der Waals surface area contributed by atoms with E-state index in [0.29, 0.717) is 42.3 Å². The fraction of sp³-hybridized carbons (Fsp3) is 0.391. The van der Waals surface area contributed by atoms with E-state index in [1.54, 1.807) is 23.1 Å². The number of ketones is 1. The molecule has 2 heterocycles. The van der Waals surface area contributed by atoms with Gasteiger partial charge in [-0.25, -0.2) is 4.98 Å². The lowest BCUT2D eigenvalue weighted by Crippen LogP contribution is -2.30. The highest BCUT2D eigenvalue weighted by Gasteiger charge is 2.31. The van der Waals surface area contributed by atoms with Crippen molar-refractivity contribution in [1.82, 2.24) is 15.2 Å². The first kappa shape index (κ1) is 25.3. The second-order valence-electron chi connectivity index (χ2n) is 7.26. The van der Waals surface area contributed by atoms with Gasteiger partial charge in [-0.05, 0) is 45.9 Å². The van der Waals surface area contributed by atoms with Gasteiger partial charge in [-0.1, -0.05) is 0 Å². The Labute approximate surface area is 198 Å². The average Bonchev–Trinajstić information content (AvgIpc) is 3.06. The molecule has 0 saturated carbocycles. The van der Waals surface area contributed by atoms with Crippen molar-refractivity contribution in [2.75, 3.05) is 26.8 Å². The van der Waals surface area contributed by atoms with Gasteiger partial charge in [-0.15, -0.1) is 17.0 Å². The highest BCUT2D eigenvalue weighted by molar-refractivity contribution is 8.93. The molecule has 1 aliphatic rings. The van der Waals surface area contributed by atoms with E-state index in [0.717, 1.165) is 22.6 Å². The highest BCUT2D eigenvalue weighted by atomic mass is 79.9. The molecule has 0 fully saturated rings. The SMILES string of the molecule is Br.CCOc1ccc(C(=O)CN2Cc3c(nc(C)c(OCC)c3C)C2=N)cc1C(=O)NC. The van der Waals surface area contributed by atoms with Crippen LogP contribution >= 0.6 is 17.0 Å². The number of rotatable bonds is 8. The molecule has 2 N–H and O–H groups in total. The monoisotopic (exact) mass is 504 g/mol. The first-order valence-corrected chi connectivity index (χ1v) is 10.3. The van der Waals surface area contributed by atoms with Crippen LogP contribution < -0.4 is 14.8 Å². The van der Waals surface area contributed by atoms with E-state index in [1.165, 1.54) is 7.05 Å². The summed E-state index contributed by atoms with van der Waals surface area (Å²) >= 11 is 0. The number of halogens is 1. The maximum Gasteiger partial charge on any atom is 0.254 e. The number of hydrogen-bond donors (Lipinski definition) is 2. The molecule has 0 aliphatic carbocycles. The van der Waals surface area contributed by atoms with E-state index in [2.05, 4.69) is 10.3 Å². The summed E-state index contributed by atoms with van der Waals surface area (Å²) in [6.45, 7) is 8.94. The van der Waals surface area contributed by atoms with Crippen molar-refractivity contribution in [3.8, 4) is 11.5 Å². The number of Topliss-reactive ketones (excluding diaryl/α,β-unsaturated/α-hetero) is 1. The van der Waals surface area contributed by atoms with E-state index in [-0.39, 0.29) is 41.1 Å². The van der Waals surface area contributed by atoms with Crippen molar-refractivity contribution in [3.63, 3.8) is 0 Å². The first-order chi connectivity index (χ1) is 14.8. The van der Waals surface area contributed by atoms with Gasteiger partial charge in [0.05, 0.1) is 31.0 Å². The predicted octanol–water partition coefficient (Wildman–Crippen LogP) is 3.46. The summed E-state index contributed by atoms with van der Waals surface area (Å²) in [5, 5.41) is 11.1. The number of carbonyl (C=O) groups excluding carboxylic acids is 2. The van der Waals surface area contributed by atoms with Gasteiger partial charge in [0, 0.05) is 30.3 Å². The van der Waals surface area contributed by atoms with E-state index >= 15 is 0 Å². The van der Waals surface area contributed by atoms with Crippen molar-refractivity contribution >= 4 is 34.5 Å². The standard InChI is InChI=1S/C23H28N4O4.BrH/c1-6-30-19-9-8-15(10-16(19)23(29)25-5)18(28)12-27-11-17-13(3)21(31-7-2)14(4)26-20(17)22(27)24;/h8-10,24H,6-7,11-12H2,1-5H3,(H,25,29);1H. The van der Waals surface area contributed by atoms with E-state index in [9.17, 15) is 9.59 Å². The largest absolute Gasteiger partial charge is 0.493 e. The number of amides is 1. The second kappa shape index (κ2) is 10.6. The molecule has 0 bridgehead atoms. The molecule has 32 heavy (non-hydrogen) atoms. The Morgan fingerprint density at radius 3 is 2.50 bits per heavy atom. The van der Waals surface area contributed by atoms with Crippen molar-refractivity contribution < 1.29 is 19.1 Å². The molecule has 1 aromatic carbocycles. The lowest BCUT2D eigenvalue weighted by atomic mass is 10.0. The molecular formula is C23H29BrN4O4. The molecule has 0 atom stereocenters. The summed E-state index contributed by atoms with van der Waals surface area (Å²) in [6.07, 6.45) is 0. The van der Waals surface area contributed by atoms with Crippen LogP contribution in [0.3, 0.4) is 0 Å². The zero-order chi connectivity index (χ0) is 22.7. The predicted molar refractivity (Wildman–Crippen MR) is 128 cm³/mol. The van der Waals surface area contributed by atoms with Crippen LogP contribution in [-0.2, 0) is 6.54 Å². The quantitative estimate of drug-likeness (QED) is 0.533. The number of benzene rings is 1.